The van der Waals surface area contributed by atoms with Crippen LogP contribution in [0.4, 0.5) is 0 Å². The van der Waals surface area contributed by atoms with Gasteiger partial charge in [-0.15, -0.1) is 0 Å². The molecule has 0 spiro atoms. The molecule has 1 aromatic heterocycles. The van der Waals surface area contributed by atoms with E-state index in [1.807, 2.05) is 26.9 Å². The van der Waals surface area contributed by atoms with Gasteiger partial charge in [0.2, 0.25) is 11.8 Å². The van der Waals surface area contributed by atoms with Crippen LogP contribution in [0.15, 0.2) is 36.7 Å². The van der Waals surface area contributed by atoms with Crippen LogP contribution in [-0.2, 0) is 16.1 Å². The molecule has 28 heavy (non-hydrogen) atoms. The minimum absolute atomic E-state index is 0.127. The molecule has 2 atom stereocenters. The van der Waals surface area contributed by atoms with Crippen LogP contribution in [0.25, 0.3) is 5.69 Å². The lowest BCUT2D eigenvalue weighted by molar-refractivity contribution is -0.163. The SMILES string of the molecule is Cc1ccc(-n2cc(CN3CCN4C(=O)[C@@H]5CCCN5C(=O)[C@H]4C3)cn2)cc1. The fourth-order valence-electron chi connectivity index (χ4n) is 4.67. The minimum Gasteiger partial charge on any atom is -0.329 e. The Balaban J connectivity index is 1.28. The summed E-state index contributed by atoms with van der Waals surface area (Å²) in [6.45, 7) is 5.55. The summed E-state index contributed by atoms with van der Waals surface area (Å²) in [5, 5.41) is 4.48. The first-order valence-electron chi connectivity index (χ1n) is 10.0. The molecule has 3 aliphatic heterocycles. The average molecular weight is 379 g/mol. The Morgan fingerprint density at radius 1 is 1.00 bits per heavy atom. The molecule has 4 heterocycles. The highest BCUT2D eigenvalue weighted by atomic mass is 16.2. The summed E-state index contributed by atoms with van der Waals surface area (Å²) in [7, 11) is 0. The fraction of sp³-hybridized carbons (Fsp3) is 0.476. The van der Waals surface area contributed by atoms with Crippen molar-refractivity contribution in [2.45, 2.75) is 38.4 Å². The highest BCUT2D eigenvalue weighted by Gasteiger charge is 2.49. The van der Waals surface area contributed by atoms with E-state index in [9.17, 15) is 9.59 Å². The van der Waals surface area contributed by atoms with Crippen LogP contribution in [0.1, 0.15) is 24.0 Å². The summed E-state index contributed by atoms with van der Waals surface area (Å²) < 4.78 is 1.88. The smallest absolute Gasteiger partial charge is 0.247 e. The van der Waals surface area contributed by atoms with Crippen molar-refractivity contribution in [2.24, 2.45) is 0 Å². The molecule has 0 radical (unpaired) electrons. The highest BCUT2D eigenvalue weighted by Crippen LogP contribution is 2.29. The lowest BCUT2D eigenvalue weighted by Gasteiger charge is -2.47. The first-order chi connectivity index (χ1) is 13.6. The molecule has 2 amide bonds. The zero-order chi connectivity index (χ0) is 19.3. The van der Waals surface area contributed by atoms with Gasteiger partial charge >= 0.3 is 0 Å². The number of hydrogen-bond donors (Lipinski definition) is 0. The third-order valence-electron chi connectivity index (χ3n) is 6.19. The molecule has 2 aromatic rings. The van der Waals surface area contributed by atoms with E-state index < -0.39 is 0 Å². The molecule has 3 aliphatic rings. The predicted molar refractivity (Wildman–Crippen MR) is 104 cm³/mol. The van der Waals surface area contributed by atoms with Crippen LogP contribution in [0, 0.1) is 6.92 Å². The van der Waals surface area contributed by atoms with Crippen molar-refractivity contribution in [3.05, 3.63) is 47.8 Å². The van der Waals surface area contributed by atoms with Gasteiger partial charge in [-0.05, 0) is 31.9 Å². The first-order valence-corrected chi connectivity index (χ1v) is 10.0. The summed E-state index contributed by atoms with van der Waals surface area (Å²) in [5.41, 5.74) is 3.37. The molecule has 146 valence electrons. The van der Waals surface area contributed by atoms with Gasteiger partial charge in [0, 0.05) is 44.5 Å². The maximum atomic E-state index is 12.9. The van der Waals surface area contributed by atoms with Crippen LogP contribution in [0.5, 0.6) is 0 Å². The lowest BCUT2D eigenvalue weighted by Crippen LogP contribution is -2.68. The van der Waals surface area contributed by atoms with E-state index in [0.717, 1.165) is 43.7 Å². The normalized spacial score (nSPS) is 25.2. The van der Waals surface area contributed by atoms with E-state index in [0.29, 0.717) is 13.1 Å². The van der Waals surface area contributed by atoms with Crippen molar-refractivity contribution in [1.82, 2.24) is 24.5 Å². The maximum Gasteiger partial charge on any atom is 0.247 e. The van der Waals surface area contributed by atoms with Gasteiger partial charge in [-0.25, -0.2) is 4.68 Å². The Kier molecular flexibility index (Phi) is 4.19. The van der Waals surface area contributed by atoms with Crippen molar-refractivity contribution in [1.29, 1.82) is 0 Å². The molecular weight excluding hydrogens is 354 g/mol. The summed E-state index contributed by atoms with van der Waals surface area (Å²) in [6.07, 6.45) is 5.68. The summed E-state index contributed by atoms with van der Waals surface area (Å²) in [6, 6.07) is 7.74. The van der Waals surface area contributed by atoms with Crippen LogP contribution < -0.4 is 0 Å². The van der Waals surface area contributed by atoms with Crippen LogP contribution in [0.3, 0.4) is 0 Å². The Hall–Kier alpha value is -2.67. The Morgan fingerprint density at radius 2 is 1.75 bits per heavy atom. The first kappa shape index (κ1) is 17.4. The van der Waals surface area contributed by atoms with Crippen LogP contribution >= 0.6 is 0 Å². The van der Waals surface area contributed by atoms with E-state index in [1.165, 1.54) is 5.56 Å². The molecule has 3 fully saturated rings. The second kappa shape index (κ2) is 6.74. The molecule has 7 heteroatoms. The van der Waals surface area contributed by atoms with Crippen molar-refractivity contribution in [3.8, 4) is 5.69 Å². The van der Waals surface area contributed by atoms with Crippen molar-refractivity contribution >= 4 is 11.8 Å². The minimum atomic E-state index is -0.331. The number of piperazine rings is 2. The molecule has 0 aliphatic carbocycles. The quantitative estimate of drug-likeness (QED) is 0.804. The number of amides is 2. The van der Waals surface area contributed by atoms with Crippen LogP contribution in [-0.4, -0.2) is 74.6 Å². The number of benzene rings is 1. The second-order valence-electron chi connectivity index (χ2n) is 8.10. The molecule has 0 N–H and O–H groups in total. The summed E-state index contributed by atoms with van der Waals surface area (Å²) >= 11 is 0. The molecule has 0 bridgehead atoms. The van der Waals surface area contributed by atoms with Gasteiger partial charge in [0.1, 0.15) is 12.1 Å². The average Bonchev–Trinajstić information content (AvgIpc) is 3.37. The number of hydrogen-bond acceptors (Lipinski definition) is 4. The van der Waals surface area contributed by atoms with Gasteiger partial charge in [-0.1, -0.05) is 17.7 Å². The molecule has 1 aromatic carbocycles. The Morgan fingerprint density at radius 3 is 2.57 bits per heavy atom. The maximum absolute atomic E-state index is 12.9. The van der Waals surface area contributed by atoms with Crippen molar-refractivity contribution in [3.63, 3.8) is 0 Å². The van der Waals surface area contributed by atoms with E-state index in [1.54, 1.807) is 0 Å². The molecule has 5 rings (SSSR count). The van der Waals surface area contributed by atoms with Gasteiger partial charge in [0.05, 0.1) is 11.9 Å². The van der Waals surface area contributed by atoms with Gasteiger partial charge in [-0.2, -0.15) is 5.10 Å². The summed E-state index contributed by atoms with van der Waals surface area (Å²) in [4.78, 5) is 31.5. The molecule has 7 nitrogen and oxygen atoms in total. The third-order valence-corrected chi connectivity index (χ3v) is 6.19. The highest BCUT2D eigenvalue weighted by molar-refractivity contribution is 5.97. The van der Waals surface area contributed by atoms with Crippen molar-refractivity contribution < 1.29 is 9.59 Å². The number of aryl methyl sites for hydroxylation is 1. The lowest BCUT2D eigenvalue weighted by atomic mass is 10.0. The predicted octanol–water partition coefficient (Wildman–Crippen LogP) is 1.20. The zero-order valence-corrected chi connectivity index (χ0v) is 16.1. The van der Waals surface area contributed by atoms with Gasteiger partial charge < -0.3 is 9.80 Å². The van der Waals surface area contributed by atoms with E-state index in [-0.39, 0.29) is 23.9 Å². The van der Waals surface area contributed by atoms with Gasteiger partial charge in [0.15, 0.2) is 0 Å². The second-order valence-corrected chi connectivity index (χ2v) is 8.10. The number of nitrogens with zero attached hydrogens (tertiary/aromatic N) is 5. The number of fused-ring (bicyclic) bond motifs is 2. The molecule has 0 unspecified atom stereocenters. The monoisotopic (exact) mass is 379 g/mol. The van der Waals surface area contributed by atoms with E-state index in [4.69, 9.17) is 0 Å². The van der Waals surface area contributed by atoms with Gasteiger partial charge in [-0.3, -0.25) is 14.5 Å². The fourth-order valence-corrected chi connectivity index (χ4v) is 4.67. The number of carbonyl (C=O) groups is 2. The van der Waals surface area contributed by atoms with Crippen molar-refractivity contribution in [2.75, 3.05) is 26.2 Å². The van der Waals surface area contributed by atoms with E-state index in [2.05, 4.69) is 41.2 Å². The largest absolute Gasteiger partial charge is 0.329 e. The van der Waals surface area contributed by atoms with Gasteiger partial charge in [0.25, 0.3) is 0 Å². The van der Waals surface area contributed by atoms with E-state index >= 15 is 0 Å². The molecule has 0 saturated carbocycles. The number of aromatic nitrogens is 2. The molecular formula is C21H25N5O2. The topological polar surface area (TPSA) is 61.7 Å². The third kappa shape index (κ3) is 2.90. The number of carbonyl (C=O) groups excluding carboxylic acids is 2. The number of rotatable bonds is 3. The Labute approximate surface area is 164 Å². The van der Waals surface area contributed by atoms with Crippen LogP contribution in [0.2, 0.25) is 0 Å². The zero-order valence-electron chi connectivity index (χ0n) is 16.1. The molecule has 3 saturated heterocycles. The Bertz CT molecular complexity index is 906. The summed E-state index contributed by atoms with van der Waals surface area (Å²) in [5.74, 6) is 0.274. The standard InChI is InChI=1S/C21H25N5O2/c1-15-4-6-17(7-5-15)26-13-16(11-22-26)12-23-9-10-25-19(14-23)21(28)24-8-2-3-18(24)20(25)27/h4-7,11,13,18-19H,2-3,8-10,12,14H2,1H3/t18-,19+/m0/s1.